The number of ether oxygens (including phenoxy) is 2. The molecular formula is C28H33ClF2N2O4. The lowest BCUT2D eigenvalue weighted by atomic mass is 9.86. The third-order valence-electron chi connectivity index (χ3n) is 7.06. The molecule has 1 atom stereocenters. The Morgan fingerprint density at radius 3 is 2.41 bits per heavy atom. The van der Waals surface area contributed by atoms with E-state index < -0.39 is 16.7 Å². The molecule has 0 radical (unpaired) electrons. The van der Waals surface area contributed by atoms with E-state index in [1.54, 1.807) is 30.2 Å². The molecule has 1 saturated heterocycles. The molecule has 0 unspecified atom stereocenters. The molecule has 200 valence electrons. The summed E-state index contributed by atoms with van der Waals surface area (Å²) in [5.74, 6) is -1.19. The highest BCUT2D eigenvalue weighted by atomic mass is 35.5. The summed E-state index contributed by atoms with van der Waals surface area (Å²) in [5.41, 5.74) is 1.66. The van der Waals surface area contributed by atoms with Crippen LogP contribution in [-0.2, 0) is 11.2 Å². The Hall–Kier alpha value is -2.68. The molecule has 0 bridgehead atoms. The van der Waals surface area contributed by atoms with Crippen molar-refractivity contribution in [1.82, 2.24) is 4.57 Å². The lowest BCUT2D eigenvalue weighted by molar-refractivity contribution is 0.122. The average Bonchev–Trinajstić information content (AvgIpc) is 2.87. The fraction of sp³-hybridized carbons (Fsp3) is 0.464. The van der Waals surface area contributed by atoms with Gasteiger partial charge in [0.2, 0.25) is 0 Å². The van der Waals surface area contributed by atoms with Gasteiger partial charge in [-0.25, -0.2) is 8.78 Å². The zero-order valence-corrected chi connectivity index (χ0v) is 22.6. The quantitative estimate of drug-likeness (QED) is 0.437. The number of nitrogens with zero attached hydrogens (tertiary/aromatic N) is 2. The molecule has 2 aromatic carbocycles. The molecule has 4 rings (SSSR count). The molecule has 0 amide bonds. The molecule has 0 aliphatic carbocycles. The minimum absolute atomic E-state index is 0.0400. The number of methoxy groups -OCH3 is 1. The third kappa shape index (κ3) is 5.19. The second kappa shape index (κ2) is 10.6. The van der Waals surface area contributed by atoms with Crippen LogP contribution < -0.4 is 15.1 Å². The zero-order valence-electron chi connectivity index (χ0n) is 21.8. The second-order valence-corrected chi connectivity index (χ2v) is 10.9. The normalized spacial score (nSPS) is 15.3. The zero-order chi connectivity index (χ0) is 27.1. The number of rotatable bonds is 6. The first-order chi connectivity index (χ1) is 17.5. The number of fused-ring (bicyclic) bond motifs is 1. The van der Waals surface area contributed by atoms with E-state index in [4.69, 9.17) is 21.1 Å². The number of aromatic nitrogens is 1. The molecule has 2 heterocycles. The van der Waals surface area contributed by atoms with Crippen LogP contribution in [-0.4, -0.2) is 49.7 Å². The summed E-state index contributed by atoms with van der Waals surface area (Å²) in [5, 5.41) is 10.1. The molecule has 1 aliphatic heterocycles. The molecule has 0 saturated carbocycles. The van der Waals surface area contributed by atoms with Crippen molar-refractivity contribution in [3.63, 3.8) is 0 Å². The van der Waals surface area contributed by atoms with E-state index in [0.717, 1.165) is 0 Å². The van der Waals surface area contributed by atoms with E-state index in [2.05, 4.69) is 0 Å². The van der Waals surface area contributed by atoms with Crippen LogP contribution in [0.25, 0.3) is 10.9 Å². The van der Waals surface area contributed by atoms with Crippen molar-refractivity contribution in [2.75, 3.05) is 44.9 Å². The Labute approximate surface area is 220 Å². The largest absolute Gasteiger partial charge is 0.496 e. The van der Waals surface area contributed by atoms with Crippen LogP contribution in [0.5, 0.6) is 5.75 Å². The van der Waals surface area contributed by atoms with E-state index in [-0.39, 0.29) is 41.2 Å². The van der Waals surface area contributed by atoms with Gasteiger partial charge in [0, 0.05) is 42.7 Å². The first kappa shape index (κ1) is 27.4. The molecule has 1 fully saturated rings. The number of morpholine rings is 1. The van der Waals surface area contributed by atoms with Gasteiger partial charge in [0.05, 0.1) is 44.2 Å². The summed E-state index contributed by atoms with van der Waals surface area (Å²) in [6, 6.07) is 4.62. The van der Waals surface area contributed by atoms with Gasteiger partial charge in [-0.3, -0.25) is 4.79 Å². The number of hydrogen-bond donors (Lipinski definition) is 1. The SMILES string of the molecule is COc1cc2c(cc1Cc1cc(N3CCOCC3)c(F)c(Cl)c1F)c(=O)c(C)cn2[C@H](CO)C(C)(C)C. The Morgan fingerprint density at radius 2 is 1.81 bits per heavy atom. The van der Waals surface area contributed by atoms with Crippen LogP contribution in [0.1, 0.15) is 43.5 Å². The Bertz CT molecular complexity index is 1380. The first-order valence-electron chi connectivity index (χ1n) is 12.3. The van der Waals surface area contributed by atoms with Gasteiger partial charge in [0.1, 0.15) is 16.6 Å². The van der Waals surface area contributed by atoms with E-state index in [9.17, 15) is 14.3 Å². The summed E-state index contributed by atoms with van der Waals surface area (Å²) in [7, 11) is 1.50. The fourth-order valence-electron chi connectivity index (χ4n) is 4.93. The standard InChI is InChI=1S/C28H33ClF2N2O4/c1-16-14-33(23(15-34)28(2,3)4)20-13-22(36-5)17(11-19(20)27(16)35)10-18-12-21(26(31)24(29)25(18)30)32-6-8-37-9-7-32/h11-14,23,34H,6-10,15H2,1-5H3/t23-/m1/s1. The molecule has 1 aliphatic rings. The van der Waals surface area contributed by atoms with Crippen LogP contribution >= 0.6 is 11.6 Å². The molecule has 1 N–H and O–H groups in total. The summed E-state index contributed by atoms with van der Waals surface area (Å²) in [6.07, 6.45) is 1.79. The summed E-state index contributed by atoms with van der Waals surface area (Å²) in [6.45, 7) is 9.49. The topological polar surface area (TPSA) is 63.9 Å². The number of benzene rings is 2. The Balaban J connectivity index is 1.88. The van der Waals surface area contributed by atoms with E-state index in [0.29, 0.717) is 54.1 Å². The second-order valence-electron chi connectivity index (χ2n) is 10.6. The van der Waals surface area contributed by atoms with Crippen molar-refractivity contribution in [3.8, 4) is 5.75 Å². The highest BCUT2D eigenvalue weighted by Crippen LogP contribution is 2.37. The fourth-order valence-corrected chi connectivity index (χ4v) is 5.15. The van der Waals surface area contributed by atoms with E-state index in [1.807, 2.05) is 25.3 Å². The molecular weight excluding hydrogens is 502 g/mol. The Morgan fingerprint density at radius 1 is 1.14 bits per heavy atom. The number of halogens is 3. The van der Waals surface area contributed by atoms with Crippen LogP contribution in [0.15, 0.2) is 29.2 Å². The predicted molar refractivity (Wildman–Crippen MR) is 142 cm³/mol. The number of pyridine rings is 1. The summed E-state index contributed by atoms with van der Waals surface area (Å²) < 4.78 is 43.0. The van der Waals surface area contributed by atoms with Crippen molar-refractivity contribution < 1.29 is 23.4 Å². The highest BCUT2D eigenvalue weighted by molar-refractivity contribution is 6.31. The van der Waals surface area contributed by atoms with Crippen molar-refractivity contribution in [2.24, 2.45) is 5.41 Å². The van der Waals surface area contributed by atoms with Crippen molar-refractivity contribution in [2.45, 2.75) is 40.2 Å². The maximum atomic E-state index is 15.2. The monoisotopic (exact) mass is 534 g/mol. The predicted octanol–water partition coefficient (Wildman–Crippen LogP) is 5.26. The van der Waals surface area contributed by atoms with E-state index in [1.165, 1.54) is 13.2 Å². The van der Waals surface area contributed by atoms with Crippen LogP contribution in [0, 0.1) is 24.0 Å². The maximum absolute atomic E-state index is 15.2. The van der Waals surface area contributed by atoms with Gasteiger partial charge in [-0.05, 0) is 35.6 Å². The third-order valence-corrected chi connectivity index (χ3v) is 7.39. The minimum Gasteiger partial charge on any atom is -0.496 e. The van der Waals surface area contributed by atoms with Crippen LogP contribution in [0.3, 0.4) is 0 Å². The summed E-state index contributed by atoms with van der Waals surface area (Å²) >= 11 is 6.09. The number of aryl methyl sites for hydroxylation is 1. The minimum atomic E-state index is -0.840. The highest BCUT2D eigenvalue weighted by Gasteiger charge is 2.28. The average molecular weight is 535 g/mol. The smallest absolute Gasteiger partial charge is 0.192 e. The van der Waals surface area contributed by atoms with Gasteiger partial charge in [0.25, 0.3) is 0 Å². The number of hydrogen-bond acceptors (Lipinski definition) is 5. The van der Waals surface area contributed by atoms with Gasteiger partial charge in [-0.15, -0.1) is 0 Å². The lowest BCUT2D eigenvalue weighted by Gasteiger charge is -2.33. The van der Waals surface area contributed by atoms with Gasteiger partial charge in [-0.1, -0.05) is 32.4 Å². The van der Waals surface area contributed by atoms with Crippen molar-refractivity contribution in [3.05, 3.63) is 68.0 Å². The molecule has 0 spiro atoms. The van der Waals surface area contributed by atoms with Gasteiger partial charge in [-0.2, -0.15) is 0 Å². The van der Waals surface area contributed by atoms with Gasteiger partial charge in [0.15, 0.2) is 11.2 Å². The molecule has 1 aromatic heterocycles. The van der Waals surface area contributed by atoms with Crippen LogP contribution in [0.2, 0.25) is 5.02 Å². The molecule has 6 nitrogen and oxygen atoms in total. The lowest BCUT2D eigenvalue weighted by Crippen LogP contribution is -2.37. The van der Waals surface area contributed by atoms with E-state index >= 15 is 4.39 Å². The summed E-state index contributed by atoms with van der Waals surface area (Å²) in [4.78, 5) is 15.0. The van der Waals surface area contributed by atoms with Crippen molar-refractivity contribution >= 4 is 28.2 Å². The number of aliphatic hydroxyl groups is 1. The van der Waals surface area contributed by atoms with Gasteiger partial charge >= 0.3 is 0 Å². The van der Waals surface area contributed by atoms with Crippen molar-refractivity contribution in [1.29, 1.82) is 0 Å². The maximum Gasteiger partial charge on any atom is 0.192 e. The number of anilines is 1. The molecule has 9 heteroatoms. The van der Waals surface area contributed by atoms with Gasteiger partial charge < -0.3 is 24.0 Å². The molecule has 3 aromatic rings. The van der Waals surface area contributed by atoms with Crippen LogP contribution in [0.4, 0.5) is 14.5 Å². The Kier molecular flexibility index (Phi) is 7.83. The first-order valence-corrected chi connectivity index (χ1v) is 12.7. The number of aliphatic hydroxyl groups excluding tert-OH is 1. The molecule has 37 heavy (non-hydrogen) atoms.